The van der Waals surface area contributed by atoms with Crippen LogP contribution in [0.5, 0.6) is 0 Å². The van der Waals surface area contributed by atoms with Crippen molar-refractivity contribution in [1.82, 2.24) is 5.43 Å². The lowest BCUT2D eigenvalue weighted by Gasteiger charge is -2.17. The highest BCUT2D eigenvalue weighted by Gasteiger charge is 2.20. The SMILES string of the molecule is CCc1ccccc1C(NN)c1occc1Br. The van der Waals surface area contributed by atoms with Gasteiger partial charge in [0.15, 0.2) is 0 Å². The van der Waals surface area contributed by atoms with E-state index in [1.807, 2.05) is 18.2 Å². The molecule has 3 N–H and O–H groups in total. The molecule has 0 amide bonds. The quantitative estimate of drug-likeness (QED) is 0.673. The third-order valence-corrected chi connectivity index (χ3v) is 3.48. The number of benzene rings is 1. The molecule has 0 saturated carbocycles. The molecular weight excluding hydrogens is 280 g/mol. The molecule has 1 unspecified atom stereocenters. The smallest absolute Gasteiger partial charge is 0.140 e. The molecule has 0 radical (unpaired) electrons. The molecule has 0 aliphatic heterocycles. The van der Waals surface area contributed by atoms with Crippen LogP contribution in [0.2, 0.25) is 0 Å². The van der Waals surface area contributed by atoms with E-state index in [-0.39, 0.29) is 6.04 Å². The van der Waals surface area contributed by atoms with Gasteiger partial charge in [0.05, 0.1) is 10.7 Å². The van der Waals surface area contributed by atoms with Crippen LogP contribution in [0.4, 0.5) is 0 Å². The van der Waals surface area contributed by atoms with Crippen molar-refractivity contribution in [3.05, 3.63) is 58.0 Å². The molecule has 0 aliphatic rings. The minimum Gasteiger partial charge on any atom is -0.466 e. The number of nitrogens with one attached hydrogen (secondary N) is 1. The van der Waals surface area contributed by atoms with E-state index >= 15 is 0 Å². The molecule has 0 saturated heterocycles. The third kappa shape index (κ3) is 2.44. The van der Waals surface area contributed by atoms with Gasteiger partial charge in [-0.2, -0.15) is 0 Å². The zero-order chi connectivity index (χ0) is 12.3. The Bertz CT molecular complexity index is 496. The van der Waals surface area contributed by atoms with Crippen LogP contribution in [0.25, 0.3) is 0 Å². The number of aryl methyl sites for hydroxylation is 1. The fraction of sp³-hybridized carbons (Fsp3) is 0.231. The maximum absolute atomic E-state index is 5.66. The second-order valence-electron chi connectivity index (χ2n) is 3.78. The van der Waals surface area contributed by atoms with Crippen molar-refractivity contribution in [3.8, 4) is 0 Å². The van der Waals surface area contributed by atoms with Crippen molar-refractivity contribution < 1.29 is 4.42 Å². The minimum absolute atomic E-state index is 0.129. The molecule has 1 aromatic carbocycles. The molecule has 0 fully saturated rings. The Kier molecular flexibility index (Phi) is 3.99. The average molecular weight is 295 g/mol. The summed E-state index contributed by atoms with van der Waals surface area (Å²) < 4.78 is 6.40. The van der Waals surface area contributed by atoms with Gasteiger partial charge in [0.2, 0.25) is 0 Å². The number of furan rings is 1. The third-order valence-electron chi connectivity index (χ3n) is 2.82. The fourth-order valence-corrected chi connectivity index (χ4v) is 2.39. The van der Waals surface area contributed by atoms with Gasteiger partial charge in [-0.25, -0.2) is 5.43 Å². The highest BCUT2D eigenvalue weighted by molar-refractivity contribution is 9.10. The molecule has 1 heterocycles. The lowest BCUT2D eigenvalue weighted by atomic mass is 9.97. The van der Waals surface area contributed by atoms with E-state index in [1.54, 1.807) is 6.26 Å². The monoisotopic (exact) mass is 294 g/mol. The van der Waals surface area contributed by atoms with E-state index in [0.29, 0.717) is 0 Å². The molecule has 2 rings (SSSR count). The molecule has 0 bridgehead atoms. The standard InChI is InChI=1S/C13H15BrN2O/c1-2-9-5-3-4-6-10(9)12(16-15)13-11(14)7-8-17-13/h3-8,12,16H,2,15H2,1H3. The average Bonchev–Trinajstić information content (AvgIpc) is 2.78. The summed E-state index contributed by atoms with van der Waals surface area (Å²) in [6.07, 6.45) is 2.62. The maximum atomic E-state index is 5.66. The van der Waals surface area contributed by atoms with Crippen molar-refractivity contribution in [2.75, 3.05) is 0 Å². The summed E-state index contributed by atoms with van der Waals surface area (Å²) in [5.74, 6) is 6.46. The summed E-state index contributed by atoms with van der Waals surface area (Å²) in [4.78, 5) is 0. The minimum atomic E-state index is -0.129. The Hall–Kier alpha value is -1.10. The van der Waals surface area contributed by atoms with Gasteiger partial charge in [-0.1, -0.05) is 31.2 Å². The number of hydrogen-bond acceptors (Lipinski definition) is 3. The van der Waals surface area contributed by atoms with Crippen molar-refractivity contribution >= 4 is 15.9 Å². The van der Waals surface area contributed by atoms with Crippen LogP contribution in [-0.2, 0) is 6.42 Å². The predicted molar refractivity (Wildman–Crippen MR) is 71.4 cm³/mol. The first-order chi connectivity index (χ1) is 8.27. The van der Waals surface area contributed by atoms with Gasteiger partial charge in [-0.15, -0.1) is 0 Å². The molecule has 0 aliphatic carbocycles. The summed E-state index contributed by atoms with van der Waals surface area (Å²) in [6, 6.07) is 9.96. The van der Waals surface area contributed by atoms with E-state index in [0.717, 1.165) is 22.2 Å². The van der Waals surface area contributed by atoms with Crippen molar-refractivity contribution in [1.29, 1.82) is 0 Å². The Morgan fingerprint density at radius 3 is 2.71 bits per heavy atom. The van der Waals surface area contributed by atoms with Crippen LogP contribution in [-0.4, -0.2) is 0 Å². The van der Waals surface area contributed by atoms with Gasteiger partial charge in [0, 0.05) is 0 Å². The Morgan fingerprint density at radius 1 is 1.35 bits per heavy atom. The first-order valence-corrected chi connectivity index (χ1v) is 6.34. The largest absolute Gasteiger partial charge is 0.466 e. The lowest BCUT2D eigenvalue weighted by molar-refractivity contribution is 0.448. The summed E-state index contributed by atoms with van der Waals surface area (Å²) in [7, 11) is 0. The number of hydrazine groups is 1. The normalized spacial score (nSPS) is 12.6. The molecule has 4 heteroatoms. The topological polar surface area (TPSA) is 51.2 Å². The highest BCUT2D eigenvalue weighted by Crippen LogP contribution is 2.30. The molecule has 90 valence electrons. The molecule has 1 atom stereocenters. The van der Waals surface area contributed by atoms with Crippen LogP contribution in [0.3, 0.4) is 0 Å². The van der Waals surface area contributed by atoms with Crippen molar-refractivity contribution in [3.63, 3.8) is 0 Å². The number of rotatable bonds is 4. The molecule has 0 spiro atoms. The second-order valence-corrected chi connectivity index (χ2v) is 4.64. The van der Waals surface area contributed by atoms with Crippen LogP contribution in [0, 0.1) is 0 Å². The second kappa shape index (κ2) is 5.49. The Labute approximate surface area is 109 Å². The molecule has 17 heavy (non-hydrogen) atoms. The molecule has 3 nitrogen and oxygen atoms in total. The van der Waals surface area contributed by atoms with Gasteiger partial charge in [-0.05, 0) is 39.5 Å². The van der Waals surface area contributed by atoms with Crippen LogP contribution >= 0.6 is 15.9 Å². The van der Waals surface area contributed by atoms with Crippen molar-refractivity contribution in [2.45, 2.75) is 19.4 Å². The van der Waals surface area contributed by atoms with E-state index in [1.165, 1.54) is 5.56 Å². The summed E-state index contributed by atoms with van der Waals surface area (Å²) >= 11 is 3.46. The van der Waals surface area contributed by atoms with Gasteiger partial charge < -0.3 is 4.42 Å². The van der Waals surface area contributed by atoms with Gasteiger partial charge in [-0.3, -0.25) is 5.84 Å². The van der Waals surface area contributed by atoms with Gasteiger partial charge in [0.1, 0.15) is 11.8 Å². The lowest BCUT2D eigenvalue weighted by Crippen LogP contribution is -2.29. The van der Waals surface area contributed by atoms with Crippen LogP contribution in [0.1, 0.15) is 29.9 Å². The summed E-state index contributed by atoms with van der Waals surface area (Å²) in [5, 5.41) is 0. The number of nitrogens with two attached hydrogens (primary N) is 1. The van der Waals surface area contributed by atoms with Gasteiger partial charge >= 0.3 is 0 Å². The highest BCUT2D eigenvalue weighted by atomic mass is 79.9. The zero-order valence-electron chi connectivity index (χ0n) is 9.61. The number of halogens is 1. The van der Waals surface area contributed by atoms with Crippen molar-refractivity contribution in [2.24, 2.45) is 5.84 Å². The van der Waals surface area contributed by atoms with E-state index in [9.17, 15) is 0 Å². The zero-order valence-corrected chi connectivity index (χ0v) is 11.2. The summed E-state index contributed by atoms with van der Waals surface area (Å²) in [5.41, 5.74) is 5.22. The van der Waals surface area contributed by atoms with Crippen LogP contribution in [0.15, 0.2) is 45.5 Å². The van der Waals surface area contributed by atoms with E-state index < -0.39 is 0 Å². The van der Waals surface area contributed by atoms with E-state index in [4.69, 9.17) is 10.3 Å². The predicted octanol–water partition coefficient (Wildman–Crippen LogP) is 3.16. The Balaban J connectivity index is 2.46. The summed E-state index contributed by atoms with van der Waals surface area (Å²) in [6.45, 7) is 2.13. The molecular formula is C13H15BrN2O. The first kappa shape index (κ1) is 12.4. The molecule has 1 aromatic heterocycles. The first-order valence-electron chi connectivity index (χ1n) is 5.54. The fourth-order valence-electron chi connectivity index (χ4n) is 1.96. The maximum Gasteiger partial charge on any atom is 0.140 e. The number of hydrogen-bond donors (Lipinski definition) is 2. The molecule has 2 aromatic rings. The van der Waals surface area contributed by atoms with Gasteiger partial charge in [0.25, 0.3) is 0 Å². The van der Waals surface area contributed by atoms with E-state index in [2.05, 4.69) is 40.4 Å². The van der Waals surface area contributed by atoms with Crippen LogP contribution < -0.4 is 11.3 Å². The Morgan fingerprint density at radius 2 is 2.12 bits per heavy atom.